The SMILES string of the molecule is [AlH3].[O-2].[SnH2].[Zn+2]. The van der Waals surface area contributed by atoms with E-state index in [0.29, 0.717) is 0 Å². The summed E-state index contributed by atoms with van der Waals surface area (Å²) >= 11 is 0. The van der Waals surface area contributed by atoms with Crippen molar-refractivity contribution in [2.45, 2.75) is 0 Å². The Bertz CT molecular complexity index is 8.00. The molecule has 0 aliphatic heterocycles. The summed E-state index contributed by atoms with van der Waals surface area (Å²) in [5, 5.41) is 0. The third-order valence-corrected chi connectivity index (χ3v) is 0. The average Bonchev–Trinajstić information content (AvgIpc) is 0. The van der Waals surface area contributed by atoms with Crippen LogP contribution in [0.3, 0.4) is 0 Å². The van der Waals surface area contributed by atoms with Gasteiger partial charge in [0.15, 0.2) is 17.4 Å². The standard InChI is InChI=1S/Al.O.Sn.Zn.5H/q;-2;;+2;;;;;. The van der Waals surface area contributed by atoms with E-state index in [1.165, 1.54) is 0 Å². The van der Waals surface area contributed by atoms with Gasteiger partial charge in [0, 0.05) is 0 Å². The van der Waals surface area contributed by atoms with E-state index in [4.69, 9.17) is 0 Å². The zero-order valence-corrected chi connectivity index (χ0v) is 8.83. The van der Waals surface area contributed by atoms with Gasteiger partial charge in [-0.3, -0.25) is 0 Å². The molecular weight excluding hydrogens is 227 g/mol. The van der Waals surface area contributed by atoms with Crippen LogP contribution in [0.25, 0.3) is 0 Å². The second-order valence-electron chi connectivity index (χ2n) is 0. The van der Waals surface area contributed by atoms with Gasteiger partial charge in [-0.1, -0.05) is 0 Å². The fourth-order valence-electron chi connectivity index (χ4n) is 0. The molecule has 4 heteroatoms. The van der Waals surface area contributed by atoms with Crippen LogP contribution in [0.15, 0.2) is 0 Å². The quantitative estimate of drug-likeness (QED) is 0.423. The van der Waals surface area contributed by atoms with Gasteiger partial charge in [0.05, 0.1) is 0 Å². The molecule has 0 unspecified atom stereocenters. The van der Waals surface area contributed by atoms with Crippen LogP contribution in [-0.4, -0.2) is 41.3 Å². The van der Waals surface area contributed by atoms with Crippen LogP contribution in [0.1, 0.15) is 0 Å². The van der Waals surface area contributed by atoms with Gasteiger partial charge < -0.3 is 5.48 Å². The van der Waals surface area contributed by atoms with E-state index in [-0.39, 0.29) is 66.2 Å². The van der Waals surface area contributed by atoms with E-state index in [0.717, 1.165) is 0 Å². The van der Waals surface area contributed by atoms with Crippen molar-refractivity contribution in [1.82, 2.24) is 0 Å². The summed E-state index contributed by atoms with van der Waals surface area (Å²) in [7, 11) is 0. The van der Waals surface area contributed by atoms with Crippen LogP contribution < -0.4 is 0 Å². The first-order valence-corrected chi connectivity index (χ1v) is 0. The first-order chi connectivity index (χ1) is 0. The fraction of sp³-hybridized carbons (Fsp3) is 0. The molecule has 0 amide bonds. The van der Waals surface area contributed by atoms with E-state index in [1.54, 1.807) is 0 Å². The summed E-state index contributed by atoms with van der Waals surface area (Å²) in [4.78, 5) is 0. The van der Waals surface area contributed by atoms with Crippen LogP contribution >= 0.6 is 0 Å². The van der Waals surface area contributed by atoms with E-state index >= 15 is 0 Å². The van der Waals surface area contributed by atoms with Crippen LogP contribution in [0, 0.1) is 0 Å². The van der Waals surface area contributed by atoms with Gasteiger partial charge in [0.1, 0.15) is 0 Å². The van der Waals surface area contributed by atoms with Crippen molar-refractivity contribution in [1.29, 1.82) is 0 Å². The molecule has 0 saturated heterocycles. The van der Waals surface area contributed by atoms with Crippen molar-refractivity contribution in [3.05, 3.63) is 0 Å². The molecular formula is H5AlOSnZn. The third-order valence-electron chi connectivity index (χ3n) is 0. The minimum absolute atomic E-state index is 0. The first kappa shape index (κ1) is 39.0. The fourth-order valence-corrected chi connectivity index (χ4v) is 0. The van der Waals surface area contributed by atoms with E-state index in [2.05, 4.69) is 0 Å². The van der Waals surface area contributed by atoms with E-state index < -0.39 is 0 Å². The second-order valence-corrected chi connectivity index (χ2v) is 0. The predicted octanol–water partition coefficient (Wildman–Crippen LogP) is -2.22. The normalized spacial score (nSPS) is 0. The van der Waals surface area contributed by atoms with Gasteiger partial charge in [-0.2, -0.15) is 0 Å². The molecule has 0 atom stereocenters. The summed E-state index contributed by atoms with van der Waals surface area (Å²) in [5.74, 6) is 0. The molecule has 0 saturated carbocycles. The molecule has 2 radical (unpaired) electrons. The van der Waals surface area contributed by atoms with Crippen molar-refractivity contribution in [2.75, 3.05) is 0 Å². The smallest absolute Gasteiger partial charge is 2.00 e. The molecule has 0 aromatic heterocycles. The monoisotopic (exact) mass is 232 g/mol. The molecule has 0 spiro atoms. The summed E-state index contributed by atoms with van der Waals surface area (Å²) in [6.45, 7) is 0. The minimum Gasteiger partial charge on any atom is 2.00 e. The van der Waals surface area contributed by atoms with Gasteiger partial charge >= 0.3 is 43.4 Å². The van der Waals surface area contributed by atoms with Gasteiger partial charge in [0.2, 0.25) is 0 Å². The molecule has 1 nitrogen and oxygen atoms in total. The van der Waals surface area contributed by atoms with Crippen LogP contribution in [0.4, 0.5) is 0 Å². The maximum absolute atomic E-state index is 0. The Kier molecular flexibility index (Phi) is 200. The minimum atomic E-state index is 0. The summed E-state index contributed by atoms with van der Waals surface area (Å²) in [5.41, 5.74) is 0. The Hall–Kier alpha value is 1.91. The van der Waals surface area contributed by atoms with Gasteiger partial charge in [0.25, 0.3) is 0 Å². The zero-order chi connectivity index (χ0) is 0. The molecule has 0 aromatic carbocycles. The number of hydrogen-bond donors (Lipinski definition) is 0. The average molecular weight is 232 g/mol. The maximum Gasteiger partial charge on any atom is 2.00 e. The van der Waals surface area contributed by atoms with E-state index in [9.17, 15) is 0 Å². The molecule has 0 aliphatic carbocycles. The molecule has 0 rings (SSSR count). The van der Waals surface area contributed by atoms with Gasteiger partial charge in [-0.25, -0.2) is 0 Å². The summed E-state index contributed by atoms with van der Waals surface area (Å²) in [6.07, 6.45) is 0. The Morgan fingerprint density at radius 2 is 1.00 bits per heavy atom. The number of hydrogen-bond acceptors (Lipinski definition) is 0. The zero-order valence-electron chi connectivity index (χ0n) is 1.82. The van der Waals surface area contributed by atoms with Crippen molar-refractivity contribution in [2.24, 2.45) is 0 Å². The molecule has 0 bridgehead atoms. The molecule has 0 N–H and O–H groups in total. The molecule has 0 heterocycles. The second kappa shape index (κ2) is 20.5. The largest absolute Gasteiger partial charge is 2.00 e. The third kappa shape index (κ3) is 9.07. The van der Waals surface area contributed by atoms with Crippen molar-refractivity contribution in [3.63, 3.8) is 0 Å². The van der Waals surface area contributed by atoms with Crippen LogP contribution in [0.2, 0.25) is 0 Å². The molecule has 4 heavy (non-hydrogen) atoms. The molecule has 0 fully saturated rings. The maximum atomic E-state index is 0. The first-order valence-electron chi connectivity index (χ1n) is 0. The van der Waals surface area contributed by atoms with Gasteiger partial charge in [-0.15, -0.1) is 0 Å². The Balaban J connectivity index is 0. The molecule has 0 aliphatic rings. The van der Waals surface area contributed by atoms with Crippen LogP contribution in [0.5, 0.6) is 0 Å². The van der Waals surface area contributed by atoms with Gasteiger partial charge in [-0.05, 0) is 0 Å². The van der Waals surface area contributed by atoms with Crippen molar-refractivity contribution in [3.8, 4) is 0 Å². The summed E-state index contributed by atoms with van der Waals surface area (Å²) in [6, 6.07) is 0. The Labute approximate surface area is 65.7 Å². The predicted molar refractivity (Wildman–Crippen MR) is 19.2 cm³/mol. The molecule has 0 aromatic rings. The number of rotatable bonds is 0. The summed E-state index contributed by atoms with van der Waals surface area (Å²) < 4.78 is 0. The van der Waals surface area contributed by atoms with Crippen molar-refractivity contribution < 1.29 is 25.0 Å². The Morgan fingerprint density at radius 3 is 1.00 bits per heavy atom. The Morgan fingerprint density at radius 1 is 1.00 bits per heavy atom. The van der Waals surface area contributed by atoms with E-state index in [1.807, 2.05) is 0 Å². The topological polar surface area (TPSA) is 28.5 Å². The molecule has 20 valence electrons. The van der Waals surface area contributed by atoms with Crippen LogP contribution in [-0.2, 0) is 25.0 Å². The van der Waals surface area contributed by atoms with Crippen molar-refractivity contribution >= 4 is 41.3 Å².